The third-order valence-corrected chi connectivity index (χ3v) is 3.86. The Morgan fingerprint density at radius 2 is 1.74 bits per heavy atom. The second kappa shape index (κ2) is 5.66. The van der Waals surface area contributed by atoms with Crippen LogP contribution in [0.1, 0.15) is 5.69 Å². The molecule has 0 amide bonds. The number of halogens is 3. The zero-order valence-corrected chi connectivity index (χ0v) is 11.8. The molecule has 0 spiro atoms. The molecule has 6 heteroatoms. The van der Waals surface area contributed by atoms with E-state index in [1.54, 1.807) is 24.3 Å². The first-order valence-corrected chi connectivity index (χ1v) is 6.41. The van der Waals surface area contributed by atoms with Crippen molar-refractivity contribution in [2.24, 2.45) is 0 Å². The third kappa shape index (κ3) is 2.76. The van der Waals surface area contributed by atoms with Gasteiger partial charge in [0.15, 0.2) is 0 Å². The lowest BCUT2D eigenvalue weighted by molar-refractivity contribution is 1.08. The van der Waals surface area contributed by atoms with Gasteiger partial charge in [-0.2, -0.15) is 5.26 Å². The summed E-state index contributed by atoms with van der Waals surface area (Å²) in [7, 11) is 0. The molecular weight excluding hydrogens is 307 g/mol. The van der Waals surface area contributed by atoms with E-state index in [4.69, 9.17) is 40.1 Å². The predicted octanol–water partition coefficient (Wildman–Crippen LogP) is 4.07. The van der Waals surface area contributed by atoms with Gasteiger partial charge in [0, 0.05) is 16.8 Å². The van der Waals surface area contributed by atoms with Crippen molar-refractivity contribution in [2.75, 3.05) is 0 Å². The molecule has 19 heavy (non-hydrogen) atoms. The van der Waals surface area contributed by atoms with Gasteiger partial charge in [-0.15, -0.1) is 0 Å². The van der Waals surface area contributed by atoms with Gasteiger partial charge in [0.1, 0.15) is 0 Å². The van der Waals surface area contributed by atoms with E-state index in [-0.39, 0.29) is 22.0 Å². The van der Waals surface area contributed by atoms with E-state index in [0.717, 1.165) is 0 Å². The van der Waals surface area contributed by atoms with Crippen molar-refractivity contribution in [3.05, 3.63) is 55.4 Å². The summed E-state index contributed by atoms with van der Waals surface area (Å²) in [6, 6.07) is 8.44. The molecule has 0 aliphatic rings. The number of nitriles is 1. The van der Waals surface area contributed by atoms with E-state index in [2.05, 4.69) is 4.98 Å². The Morgan fingerprint density at radius 3 is 2.37 bits per heavy atom. The Morgan fingerprint density at radius 1 is 1.05 bits per heavy atom. The number of benzene rings is 1. The zero-order valence-electron chi connectivity index (χ0n) is 9.51. The van der Waals surface area contributed by atoms with Crippen molar-refractivity contribution >= 4 is 34.8 Å². The smallest absolute Gasteiger partial charge is 0.256 e. The SMILES string of the molecule is N#CCc1ccc(-c2ccc(Cl)c(Cl)c2Cl)c(=O)[nH]1. The Labute approximate surface area is 124 Å². The van der Waals surface area contributed by atoms with Gasteiger partial charge in [-0.1, -0.05) is 40.9 Å². The minimum absolute atomic E-state index is 0.143. The van der Waals surface area contributed by atoms with Crippen molar-refractivity contribution in [3.8, 4) is 17.2 Å². The topological polar surface area (TPSA) is 56.6 Å². The van der Waals surface area contributed by atoms with Crippen molar-refractivity contribution in [3.63, 3.8) is 0 Å². The van der Waals surface area contributed by atoms with Crippen LogP contribution in [0.2, 0.25) is 15.1 Å². The first-order valence-electron chi connectivity index (χ1n) is 5.27. The van der Waals surface area contributed by atoms with Crippen LogP contribution in [0, 0.1) is 11.3 Å². The van der Waals surface area contributed by atoms with Gasteiger partial charge in [-0.25, -0.2) is 0 Å². The van der Waals surface area contributed by atoms with Gasteiger partial charge in [-0.05, 0) is 18.2 Å². The lowest BCUT2D eigenvalue weighted by atomic mass is 10.1. The number of aromatic nitrogens is 1. The molecule has 2 rings (SSSR count). The summed E-state index contributed by atoms with van der Waals surface area (Å²) >= 11 is 17.9. The van der Waals surface area contributed by atoms with Gasteiger partial charge < -0.3 is 4.98 Å². The maximum atomic E-state index is 12.0. The predicted molar refractivity (Wildman–Crippen MR) is 76.8 cm³/mol. The first kappa shape index (κ1) is 14.0. The molecule has 0 aliphatic carbocycles. The lowest BCUT2D eigenvalue weighted by Crippen LogP contribution is -2.11. The summed E-state index contributed by atoms with van der Waals surface area (Å²) in [5.41, 5.74) is 1.10. The highest BCUT2D eigenvalue weighted by atomic mass is 35.5. The summed E-state index contributed by atoms with van der Waals surface area (Å²) in [6.45, 7) is 0. The number of rotatable bonds is 2. The van der Waals surface area contributed by atoms with E-state index < -0.39 is 0 Å². The van der Waals surface area contributed by atoms with Crippen molar-refractivity contribution in [1.29, 1.82) is 5.26 Å². The molecule has 1 heterocycles. The molecule has 0 bridgehead atoms. The molecule has 1 aromatic heterocycles. The molecule has 0 unspecified atom stereocenters. The van der Waals surface area contributed by atoms with Gasteiger partial charge in [0.05, 0.1) is 27.6 Å². The number of nitrogens with one attached hydrogen (secondary N) is 1. The van der Waals surface area contributed by atoms with Crippen LogP contribution in [-0.4, -0.2) is 4.98 Å². The van der Waals surface area contributed by atoms with Crippen molar-refractivity contribution in [2.45, 2.75) is 6.42 Å². The Hall–Kier alpha value is -1.47. The normalized spacial score (nSPS) is 10.2. The summed E-state index contributed by atoms with van der Waals surface area (Å²) in [5.74, 6) is 0. The number of nitrogens with zero attached hydrogens (tertiary/aromatic N) is 1. The highest BCUT2D eigenvalue weighted by molar-refractivity contribution is 6.49. The molecule has 0 saturated heterocycles. The Balaban J connectivity index is 2.58. The fraction of sp³-hybridized carbons (Fsp3) is 0.0769. The molecule has 0 saturated carbocycles. The van der Waals surface area contributed by atoms with Crippen LogP contribution in [0.25, 0.3) is 11.1 Å². The zero-order chi connectivity index (χ0) is 14.0. The van der Waals surface area contributed by atoms with E-state index in [9.17, 15) is 4.79 Å². The largest absolute Gasteiger partial charge is 0.325 e. The standard InChI is InChI=1S/C13H7Cl3N2O/c14-10-4-3-8(11(15)12(10)16)9-2-1-7(5-6-17)18-13(9)19/h1-4H,5H2,(H,18,19). The lowest BCUT2D eigenvalue weighted by Gasteiger charge is -2.07. The second-order valence-corrected chi connectivity index (χ2v) is 4.95. The van der Waals surface area contributed by atoms with Crippen LogP contribution in [0.3, 0.4) is 0 Å². The van der Waals surface area contributed by atoms with Crippen LogP contribution >= 0.6 is 34.8 Å². The van der Waals surface area contributed by atoms with Gasteiger partial charge in [0.2, 0.25) is 0 Å². The number of aromatic amines is 1. The molecule has 2 aromatic rings. The van der Waals surface area contributed by atoms with Crippen LogP contribution in [-0.2, 0) is 6.42 Å². The molecule has 96 valence electrons. The Kier molecular flexibility index (Phi) is 4.16. The average molecular weight is 314 g/mol. The van der Waals surface area contributed by atoms with Crippen molar-refractivity contribution < 1.29 is 0 Å². The van der Waals surface area contributed by atoms with Crippen molar-refractivity contribution in [1.82, 2.24) is 4.98 Å². The summed E-state index contributed by atoms with van der Waals surface area (Å²) in [6.07, 6.45) is 0.143. The third-order valence-electron chi connectivity index (χ3n) is 2.56. The molecule has 1 aromatic carbocycles. The molecule has 0 radical (unpaired) electrons. The summed E-state index contributed by atoms with van der Waals surface area (Å²) in [5, 5.41) is 9.35. The highest BCUT2D eigenvalue weighted by Crippen LogP contribution is 2.36. The number of hydrogen-bond donors (Lipinski definition) is 1. The van der Waals surface area contributed by atoms with Gasteiger partial charge in [0.25, 0.3) is 5.56 Å². The maximum Gasteiger partial charge on any atom is 0.256 e. The quantitative estimate of drug-likeness (QED) is 0.850. The van der Waals surface area contributed by atoms with E-state index in [1.807, 2.05) is 6.07 Å². The van der Waals surface area contributed by atoms with Gasteiger partial charge >= 0.3 is 0 Å². The molecule has 0 aliphatic heterocycles. The maximum absolute atomic E-state index is 12.0. The fourth-order valence-corrected chi connectivity index (χ4v) is 2.29. The van der Waals surface area contributed by atoms with E-state index >= 15 is 0 Å². The Bertz CT molecular complexity index is 732. The van der Waals surface area contributed by atoms with E-state index in [0.29, 0.717) is 21.8 Å². The van der Waals surface area contributed by atoms with Crippen LogP contribution in [0.4, 0.5) is 0 Å². The molecule has 0 atom stereocenters. The molecule has 3 nitrogen and oxygen atoms in total. The highest BCUT2D eigenvalue weighted by Gasteiger charge is 2.13. The fourth-order valence-electron chi connectivity index (χ4n) is 1.65. The molecular formula is C13H7Cl3N2O. The minimum Gasteiger partial charge on any atom is -0.325 e. The summed E-state index contributed by atoms with van der Waals surface area (Å²) in [4.78, 5) is 14.6. The minimum atomic E-state index is -0.326. The van der Waals surface area contributed by atoms with E-state index in [1.165, 1.54) is 0 Å². The number of hydrogen-bond acceptors (Lipinski definition) is 2. The van der Waals surface area contributed by atoms with Crippen LogP contribution in [0.5, 0.6) is 0 Å². The average Bonchev–Trinajstić information content (AvgIpc) is 2.38. The van der Waals surface area contributed by atoms with Crippen LogP contribution in [0.15, 0.2) is 29.1 Å². The van der Waals surface area contributed by atoms with Gasteiger partial charge in [-0.3, -0.25) is 4.79 Å². The number of pyridine rings is 1. The second-order valence-electron chi connectivity index (χ2n) is 3.78. The monoisotopic (exact) mass is 312 g/mol. The molecule has 0 fully saturated rings. The first-order chi connectivity index (χ1) is 9.04. The van der Waals surface area contributed by atoms with Crippen LogP contribution < -0.4 is 5.56 Å². The molecule has 1 N–H and O–H groups in total. The number of H-pyrrole nitrogens is 1. The summed E-state index contributed by atoms with van der Waals surface area (Å²) < 4.78 is 0.